The maximum atomic E-state index is 13.9. The number of carbonyl (C=O) groups is 2. The van der Waals surface area contributed by atoms with E-state index in [0.717, 1.165) is 41.6 Å². The van der Waals surface area contributed by atoms with Crippen molar-refractivity contribution in [2.45, 2.75) is 50.5 Å². The molecule has 0 spiro atoms. The molecule has 2 N–H and O–H groups in total. The number of nitrogens with one attached hydrogen (secondary N) is 1. The fraction of sp³-hybridized carbons (Fsp3) is 0.281. The van der Waals surface area contributed by atoms with Gasteiger partial charge in [0.1, 0.15) is 11.8 Å². The van der Waals surface area contributed by atoms with Gasteiger partial charge in [-0.3, -0.25) is 4.79 Å². The van der Waals surface area contributed by atoms with Gasteiger partial charge < -0.3 is 15.2 Å². The van der Waals surface area contributed by atoms with E-state index < -0.39 is 17.9 Å². The van der Waals surface area contributed by atoms with Gasteiger partial charge in [-0.1, -0.05) is 65.5 Å². The van der Waals surface area contributed by atoms with Crippen molar-refractivity contribution in [1.29, 1.82) is 0 Å². The zero-order valence-corrected chi connectivity index (χ0v) is 25.2. The van der Waals surface area contributed by atoms with Crippen LogP contribution in [0.4, 0.5) is 0 Å². The summed E-state index contributed by atoms with van der Waals surface area (Å²) >= 11 is 19.2. The molecule has 10 heteroatoms. The summed E-state index contributed by atoms with van der Waals surface area (Å²) < 4.78 is 6.76. The first-order valence-electron chi connectivity index (χ1n) is 13.7. The summed E-state index contributed by atoms with van der Waals surface area (Å²) in [6.45, 7) is 0. The van der Waals surface area contributed by atoms with Crippen LogP contribution in [0.5, 0.6) is 5.75 Å². The van der Waals surface area contributed by atoms with Gasteiger partial charge in [-0.15, -0.1) is 0 Å². The highest BCUT2D eigenvalue weighted by Gasteiger charge is 2.33. The van der Waals surface area contributed by atoms with E-state index in [9.17, 15) is 14.7 Å². The fourth-order valence-electron chi connectivity index (χ4n) is 5.55. The highest BCUT2D eigenvalue weighted by molar-refractivity contribution is 6.35. The van der Waals surface area contributed by atoms with Crippen LogP contribution in [0.2, 0.25) is 15.1 Å². The van der Waals surface area contributed by atoms with E-state index >= 15 is 0 Å². The zero-order valence-electron chi connectivity index (χ0n) is 22.9. The molecule has 1 heterocycles. The fourth-order valence-corrected chi connectivity index (χ4v) is 6.26. The molecule has 0 bridgehead atoms. The van der Waals surface area contributed by atoms with Gasteiger partial charge >= 0.3 is 5.97 Å². The van der Waals surface area contributed by atoms with Gasteiger partial charge in [0.2, 0.25) is 0 Å². The van der Waals surface area contributed by atoms with Crippen molar-refractivity contribution in [2.24, 2.45) is 0 Å². The number of hydrogen-bond acceptors (Lipinski definition) is 5. The average molecular weight is 627 g/mol. The first-order chi connectivity index (χ1) is 20.2. The van der Waals surface area contributed by atoms with Crippen LogP contribution in [0.25, 0.3) is 5.69 Å². The van der Waals surface area contributed by atoms with Crippen LogP contribution in [0, 0.1) is 0 Å². The predicted molar refractivity (Wildman–Crippen MR) is 164 cm³/mol. The standard InChI is InChI=1S/C32H30Cl3N3O4/c1-42-32(41)27(17-19-9-12-24(39)13-10-19)36-31(40)29-25-8-3-2-6-21(15-20-5-4-7-22(33)16-20)30(25)38(37-29)28-14-11-23(34)18-26(28)35/h4-5,7,9-14,16,18,21,27,39H,2-3,6,8,15,17H2,1H3,(H,36,40)/t21?,27-/m1/s1. The molecule has 0 saturated heterocycles. The maximum absolute atomic E-state index is 13.9. The third-order valence-corrected chi connectivity index (χ3v) is 8.30. The Morgan fingerprint density at radius 3 is 2.50 bits per heavy atom. The van der Waals surface area contributed by atoms with Gasteiger partial charge in [0.15, 0.2) is 5.69 Å². The number of aromatic hydroxyl groups is 1. The van der Waals surface area contributed by atoms with Crippen molar-refractivity contribution in [3.63, 3.8) is 0 Å². The summed E-state index contributed by atoms with van der Waals surface area (Å²) in [5.41, 5.74) is 4.44. The number of esters is 1. The third kappa shape index (κ3) is 6.75. The maximum Gasteiger partial charge on any atom is 0.328 e. The van der Waals surface area contributed by atoms with E-state index in [1.165, 1.54) is 19.2 Å². The minimum absolute atomic E-state index is 0.0372. The summed E-state index contributed by atoms with van der Waals surface area (Å²) in [6.07, 6.45) is 4.28. The Balaban J connectivity index is 1.56. The molecule has 0 aliphatic heterocycles. The highest BCUT2D eigenvalue weighted by Crippen LogP contribution is 2.38. The van der Waals surface area contributed by atoms with Gasteiger partial charge in [0, 0.05) is 27.9 Å². The Morgan fingerprint density at radius 2 is 1.79 bits per heavy atom. The minimum atomic E-state index is -0.958. The van der Waals surface area contributed by atoms with Crippen molar-refractivity contribution in [2.75, 3.05) is 7.11 Å². The van der Waals surface area contributed by atoms with E-state index in [2.05, 4.69) is 5.32 Å². The number of phenols is 1. The molecule has 218 valence electrons. The Hall–Kier alpha value is -3.52. The van der Waals surface area contributed by atoms with E-state index in [4.69, 9.17) is 44.6 Å². The number of nitrogens with zero attached hydrogens (tertiary/aromatic N) is 2. The number of halogens is 3. The quantitative estimate of drug-likeness (QED) is 0.161. The number of amides is 1. The SMILES string of the molecule is COC(=O)[C@@H](Cc1ccc(O)cc1)NC(=O)c1nn(-c2ccc(Cl)cc2Cl)c2c1CCCCC2Cc1cccc(Cl)c1. The lowest BCUT2D eigenvalue weighted by atomic mass is 9.91. The Morgan fingerprint density at radius 1 is 1.02 bits per heavy atom. The second kappa shape index (κ2) is 13.2. The highest BCUT2D eigenvalue weighted by atomic mass is 35.5. The number of benzene rings is 3. The van der Waals surface area contributed by atoms with Crippen LogP contribution in [-0.4, -0.2) is 39.9 Å². The smallest absolute Gasteiger partial charge is 0.328 e. The Kier molecular flexibility index (Phi) is 9.41. The van der Waals surface area contributed by atoms with Gasteiger partial charge in [-0.2, -0.15) is 5.10 Å². The zero-order chi connectivity index (χ0) is 29.8. The Labute approximate surface area is 259 Å². The molecular formula is C32H30Cl3N3O4. The van der Waals surface area contributed by atoms with Gasteiger partial charge in [0.05, 0.1) is 23.5 Å². The summed E-state index contributed by atoms with van der Waals surface area (Å²) in [6, 6.07) is 18.5. The molecule has 1 amide bonds. The van der Waals surface area contributed by atoms with Gasteiger partial charge in [0.25, 0.3) is 5.91 Å². The second-order valence-corrected chi connectivity index (χ2v) is 11.7. The molecular weight excluding hydrogens is 597 g/mol. The lowest BCUT2D eigenvalue weighted by molar-refractivity contribution is -0.142. The molecule has 1 aliphatic carbocycles. The number of carbonyl (C=O) groups excluding carboxylic acids is 2. The molecule has 3 aromatic carbocycles. The molecule has 5 rings (SSSR count). The van der Waals surface area contributed by atoms with E-state index in [-0.39, 0.29) is 23.8 Å². The summed E-state index contributed by atoms with van der Waals surface area (Å²) in [7, 11) is 1.28. The number of aromatic nitrogens is 2. The van der Waals surface area contributed by atoms with Crippen molar-refractivity contribution >= 4 is 46.7 Å². The third-order valence-electron chi connectivity index (χ3n) is 7.53. The minimum Gasteiger partial charge on any atom is -0.508 e. The van der Waals surface area contributed by atoms with Gasteiger partial charge in [-0.05, 0) is 79.3 Å². The number of phenolic OH excluding ortho intramolecular Hbond substituents is 1. The van der Waals surface area contributed by atoms with Gasteiger partial charge in [-0.25, -0.2) is 9.48 Å². The van der Waals surface area contributed by atoms with E-state index in [1.54, 1.807) is 35.0 Å². The topological polar surface area (TPSA) is 93.4 Å². The summed E-state index contributed by atoms with van der Waals surface area (Å²) in [5.74, 6) is -0.914. The predicted octanol–water partition coefficient (Wildman–Crippen LogP) is 7.10. The molecule has 1 unspecified atom stereocenters. The van der Waals surface area contributed by atoms with Crippen molar-refractivity contribution in [3.05, 3.63) is 110 Å². The average Bonchev–Trinajstić information content (AvgIpc) is 3.22. The van der Waals surface area contributed by atoms with E-state index in [1.807, 2.05) is 24.3 Å². The van der Waals surface area contributed by atoms with Crippen LogP contribution in [-0.2, 0) is 28.8 Å². The molecule has 4 aromatic rings. The number of fused-ring (bicyclic) bond motifs is 1. The van der Waals surface area contributed by atoms with Crippen molar-refractivity contribution in [1.82, 2.24) is 15.1 Å². The normalized spacial score (nSPS) is 15.4. The molecule has 7 nitrogen and oxygen atoms in total. The number of methoxy groups -OCH3 is 1. The molecule has 0 radical (unpaired) electrons. The molecule has 42 heavy (non-hydrogen) atoms. The number of hydrogen-bond donors (Lipinski definition) is 2. The van der Waals surface area contributed by atoms with Crippen LogP contribution in [0.1, 0.15) is 58.1 Å². The Bertz CT molecular complexity index is 1600. The number of rotatable bonds is 8. The van der Waals surface area contributed by atoms with E-state index in [0.29, 0.717) is 33.6 Å². The second-order valence-electron chi connectivity index (χ2n) is 10.4. The lowest BCUT2D eigenvalue weighted by Crippen LogP contribution is -2.43. The van der Waals surface area contributed by atoms with Crippen molar-refractivity contribution in [3.8, 4) is 11.4 Å². The molecule has 1 aliphatic rings. The number of ether oxygens (including phenoxy) is 1. The molecule has 0 saturated carbocycles. The molecule has 0 fully saturated rings. The van der Waals surface area contributed by atoms with Crippen LogP contribution in [0.3, 0.4) is 0 Å². The van der Waals surface area contributed by atoms with Crippen LogP contribution in [0.15, 0.2) is 66.7 Å². The molecule has 2 atom stereocenters. The summed E-state index contributed by atoms with van der Waals surface area (Å²) in [4.78, 5) is 26.6. The lowest BCUT2D eigenvalue weighted by Gasteiger charge is -2.19. The molecule has 1 aromatic heterocycles. The first-order valence-corrected chi connectivity index (χ1v) is 14.8. The van der Waals surface area contributed by atoms with Crippen LogP contribution >= 0.6 is 34.8 Å². The van der Waals surface area contributed by atoms with Crippen LogP contribution < -0.4 is 5.32 Å². The largest absolute Gasteiger partial charge is 0.508 e. The monoisotopic (exact) mass is 625 g/mol. The van der Waals surface area contributed by atoms with Crippen molar-refractivity contribution < 1.29 is 19.4 Å². The summed E-state index contributed by atoms with van der Waals surface area (Å²) in [5, 5.41) is 18.9. The first kappa shape index (κ1) is 30.0.